The third-order valence-electron chi connectivity index (χ3n) is 5.28. The first-order chi connectivity index (χ1) is 14.3. The van der Waals surface area contributed by atoms with Crippen molar-refractivity contribution >= 4 is 27.6 Å². The summed E-state index contributed by atoms with van der Waals surface area (Å²) >= 11 is 0. The number of hydrogen-bond donors (Lipinski definition) is 2. The van der Waals surface area contributed by atoms with Gasteiger partial charge in [0.15, 0.2) is 0 Å². The van der Waals surface area contributed by atoms with Crippen molar-refractivity contribution < 1.29 is 22.7 Å². The van der Waals surface area contributed by atoms with Crippen LogP contribution in [0.4, 0.5) is 5.69 Å². The van der Waals surface area contributed by atoms with Gasteiger partial charge in [0.2, 0.25) is 0 Å². The molecule has 160 valence electrons. The van der Waals surface area contributed by atoms with E-state index < -0.39 is 16.0 Å². The Morgan fingerprint density at radius 3 is 2.40 bits per heavy atom. The SMILES string of the molecule is COC(=O)c1ccccc1NS(=O)(=O)c1ccc(C)c(C(=O)NC2CCCCC2)c1. The predicted octanol–water partition coefficient (Wildman–Crippen LogP) is 3.64. The molecule has 1 saturated carbocycles. The minimum atomic E-state index is -4.02. The number of para-hydroxylation sites is 1. The molecule has 7 nitrogen and oxygen atoms in total. The third kappa shape index (κ3) is 4.99. The van der Waals surface area contributed by atoms with Crippen molar-refractivity contribution in [3.63, 3.8) is 0 Å². The van der Waals surface area contributed by atoms with E-state index in [1.54, 1.807) is 25.1 Å². The summed E-state index contributed by atoms with van der Waals surface area (Å²) in [4.78, 5) is 24.6. The number of rotatable bonds is 6. The number of hydrogen-bond acceptors (Lipinski definition) is 5. The van der Waals surface area contributed by atoms with Crippen LogP contribution in [0.3, 0.4) is 0 Å². The number of anilines is 1. The van der Waals surface area contributed by atoms with Gasteiger partial charge < -0.3 is 10.1 Å². The number of esters is 1. The Labute approximate surface area is 176 Å². The molecule has 0 aromatic heterocycles. The zero-order chi connectivity index (χ0) is 21.7. The van der Waals surface area contributed by atoms with Crippen LogP contribution in [0.1, 0.15) is 58.4 Å². The lowest BCUT2D eigenvalue weighted by molar-refractivity contribution is 0.0601. The number of benzene rings is 2. The van der Waals surface area contributed by atoms with Crippen molar-refractivity contribution in [1.29, 1.82) is 0 Å². The van der Waals surface area contributed by atoms with E-state index in [-0.39, 0.29) is 28.1 Å². The van der Waals surface area contributed by atoms with Crippen molar-refractivity contribution in [2.45, 2.75) is 50.0 Å². The second-order valence-corrected chi connectivity index (χ2v) is 9.11. The van der Waals surface area contributed by atoms with Gasteiger partial charge in [-0.2, -0.15) is 0 Å². The highest BCUT2D eigenvalue weighted by Crippen LogP contribution is 2.23. The van der Waals surface area contributed by atoms with Gasteiger partial charge in [-0.1, -0.05) is 37.5 Å². The van der Waals surface area contributed by atoms with E-state index in [2.05, 4.69) is 10.0 Å². The van der Waals surface area contributed by atoms with E-state index in [9.17, 15) is 18.0 Å². The number of carbonyl (C=O) groups excluding carboxylic acids is 2. The van der Waals surface area contributed by atoms with Crippen molar-refractivity contribution in [2.75, 3.05) is 11.8 Å². The maximum atomic E-state index is 12.9. The molecule has 0 bridgehead atoms. The van der Waals surface area contributed by atoms with Gasteiger partial charge in [0.25, 0.3) is 15.9 Å². The Bertz CT molecular complexity index is 1040. The summed E-state index contributed by atoms with van der Waals surface area (Å²) in [5.74, 6) is -0.920. The van der Waals surface area contributed by atoms with Crippen molar-refractivity contribution in [1.82, 2.24) is 5.32 Å². The van der Waals surface area contributed by atoms with Crippen molar-refractivity contribution in [3.8, 4) is 0 Å². The summed E-state index contributed by atoms with van der Waals surface area (Å²) in [6.07, 6.45) is 5.23. The van der Waals surface area contributed by atoms with E-state index in [1.807, 2.05) is 0 Å². The molecule has 2 N–H and O–H groups in total. The average Bonchev–Trinajstić information content (AvgIpc) is 2.74. The molecule has 1 fully saturated rings. The quantitative estimate of drug-likeness (QED) is 0.681. The smallest absolute Gasteiger partial charge is 0.339 e. The predicted molar refractivity (Wildman–Crippen MR) is 114 cm³/mol. The van der Waals surface area contributed by atoms with Gasteiger partial charge in [-0.3, -0.25) is 9.52 Å². The number of carbonyl (C=O) groups is 2. The first-order valence-corrected chi connectivity index (χ1v) is 11.4. The van der Waals surface area contributed by atoms with Gasteiger partial charge in [0.05, 0.1) is 23.3 Å². The zero-order valence-corrected chi connectivity index (χ0v) is 17.9. The lowest BCUT2D eigenvalue weighted by Gasteiger charge is -2.23. The second-order valence-electron chi connectivity index (χ2n) is 7.43. The van der Waals surface area contributed by atoms with Crippen LogP contribution in [0.15, 0.2) is 47.4 Å². The van der Waals surface area contributed by atoms with Crippen LogP contribution in [0.2, 0.25) is 0 Å². The van der Waals surface area contributed by atoms with Crippen LogP contribution in [0, 0.1) is 6.92 Å². The molecule has 2 aromatic rings. The summed E-state index contributed by atoms with van der Waals surface area (Å²) in [5, 5.41) is 3.02. The fourth-order valence-corrected chi connectivity index (χ4v) is 4.69. The van der Waals surface area contributed by atoms with Gasteiger partial charge in [-0.15, -0.1) is 0 Å². The Kier molecular flexibility index (Phi) is 6.77. The molecule has 0 heterocycles. The number of amides is 1. The van der Waals surface area contributed by atoms with Gasteiger partial charge >= 0.3 is 5.97 Å². The van der Waals surface area contributed by atoms with Gasteiger partial charge in [-0.25, -0.2) is 13.2 Å². The maximum absolute atomic E-state index is 12.9. The number of nitrogens with one attached hydrogen (secondary N) is 2. The second kappa shape index (κ2) is 9.30. The van der Waals surface area contributed by atoms with Crippen LogP contribution in [-0.4, -0.2) is 33.4 Å². The van der Waals surface area contributed by atoms with Crippen LogP contribution in [0.5, 0.6) is 0 Å². The number of sulfonamides is 1. The summed E-state index contributed by atoms with van der Waals surface area (Å²) in [6, 6.07) is 10.7. The molecule has 3 rings (SSSR count). The Balaban J connectivity index is 1.86. The van der Waals surface area contributed by atoms with Crippen molar-refractivity contribution in [3.05, 3.63) is 59.2 Å². The molecule has 0 unspecified atom stereocenters. The Hall–Kier alpha value is -2.87. The third-order valence-corrected chi connectivity index (χ3v) is 6.64. The van der Waals surface area contributed by atoms with E-state index in [0.717, 1.165) is 25.7 Å². The van der Waals surface area contributed by atoms with Crippen LogP contribution < -0.4 is 10.0 Å². The minimum Gasteiger partial charge on any atom is -0.465 e. The van der Waals surface area contributed by atoms with E-state index in [4.69, 9.17) is 4.74 Å². The summed E-state index contributed by atoms with van der Waals surface area (Å²) in [5.41, 5.74) is 1.23. The average molecular weight is 431 g/mol. The maximum Gasteiger partial charge on any atom is 0.339 e. The molecule has 1 aliphatic rings. The highest BCUT2D eigenvalue weighted by Gasteiger charge is 2.22. The summed E-state index contributed by atoms with van der Waals surface area (Å²) in [6.45, 7) is 1.77. The molecule has 0 atom stereocenters. The fourth-order valence-electron chi connectivity index (χ4n) is 3.59. The molecule has 1 aliphatic carbocycles. The van der Waals surface area contributed by atoms with Crippen LogP contribution in [-0.2, 0) is 14.8 Å². The molecule has 2 aromatic carbocycles. The van der Waals surface area contributed by atoms with E-state index in [0.29, 0.717) is 11.1 Å². The fraction of sp³-hybridized carbons (Fsp3) is 0.364. The lowest BCUT2D eigenvalue weighted by Crippen LogP contribution is -2.36. The van der Waals surface area contributed by atoms with E-state index in [1.165, 1.54) is 37.8 Å². The van der Waals surface area contributed by atoms with Gasteiger partial charge in [0, 0.05) is 11.6 Å². The van der Waals surface area contributed by atoms with Crippen molar-refractivity contribution in [2.24, 2.45) is 0 Å². The molecule has 0 radical (unpaired) electrons. The monoisotopic (exact) mass is 430 g/mol. The summed E-state index contributed by atoms with van der Waals surface area (Å²) in [7, 11) is -2.79. The lowest BCUT2D eigenvalue weighted by atomic mass is 9.95. The largest absolute Gasteiger partial charge is 0.465 e. The van der Waals surface area contributed by atoms with Crippen LogP contribution >= 0.6 is 0 Å². The molecule has 0 spiro atoms. The van der Waals surface area contributed by atoms with Crippen LogP contribution in [0.25, 0.3) is 0 Å². The van der Waals surface area contributed by atoms with Gasteiger partial charge in [-0.05, 0) is 49.6 Å². The molecular formula is C22H26N2O5S. The first kappa shape index (κ1) is 21.8. The first-order valence-electron chi connectivity index (χ1n) is 9.93. The topological polar surface area (TPSA) is 102 Å². The summed E-state index contributed by atoms with van der Waals surface area (Å²) < 4.78 is 33.0. The van der Waals surface area contributed by atoms with Gasteiger partial charge in [0.1, 0.15) is 0 Å². The molecule has 0 aliphatic heterocycles. The molecule has 30 heavy (non-hydrogen) atoms. The normalized spacial score (nSPS) is 14.7. The number of methoxy groups -OCH3 is 1. The highest BCUT2D eigenvalue weighted by molar-refractivity contribution is 7.92. The molecule has 1 amide bonds. The Morgan fingerprint density at radius 2 is 1.70 bits per heavy atom. The Morgan fingerprint density at radius 1 is 1.00 bits per heavy atom. The molecular weight excluding hydrogens is 404 g/mol. The molecule has 0 saturated heterocycles. The molecule has 8 heteroatoms. The highest BCUT2D eigenvalue weighted by atomic mass is 32.2. The minimum absolute atomic E-state index is 0.0541. The number of ether oxygens (including phenoxy) is 1. The standard InChI is InChI=1S/C22H26N2O5S/c1-15-12-13-17(14-19(15)21(25)23-16-8-4-3-5-9-16)30(27,28)24-20-11-7-6-10-18(20)22(26)29-2/h6-7,10-14,16,24H,3-5,8-9H2,1-2H3,(H,23,25). The number of aryl methyl sites for hydroxylation is 1. The zero-order valence-electron chi connectivity index (χ0n) is 17.1. The van der Waals surface area contributed by atoms with E-state index >= 15 is 0 Å².